The Labute approximate surface area is 127 Å². The number of nitrogens with zero attached hydrogens (tertiary/aromatic N) is 1. The molecular weight excluding hydrogens is 262 g/mol. The molecule has 2 N–H and O–H groups in total. The highest BCUT2D eigenvalue weighted by atomic mass is 16.1. The molecule has 0 aliphatic carbocycles. The molecule has 116 valence electrons. The van der Waals surface area contributed by atoms with Gasteiger partial charge in [-0.1, -0.05) is 0 Å². The number of nitrogens with one attached hydrogen (secondary N) is 2. The summed E-state index contributed by atoms with van der Waals surface area (Å²) in [5, 5.41) is 6.36. The first-order valence-corrected chi connectivity index (χ1v) is 7.91. The number of anilines is 1. The van der Waals surface area contributed by atoms with Gasteiger partial charge in [-0.2, -0.15) is 0 Å². The molecule has 1 heterocycles. The number of hydrogen-bond donors (Lipinski definition) is 2. The fourth-order valence-corrected chi connectivity index (χ4v) is 2.83. The number of hydrogen-bond acceptors (Lipinski definition) is 3. The Kier molecular flexibility index (Phi) is 5.62. The van der Waals surface area contributed by atoms with E-state index in [-0.39, 0.29) is 5.91 Å². The van der Waals surface area contributed by atoms with E-state index in [0.717, 1.165) is 43.0 Å². The Hall–Kier alpha value is -1.55. The van der Waals surface area contributed by atoms with Crippen molar-refractivity contribution in [1.29, 1.82) is 0 Å². The maximum Gasteiger partial charge on any atom is 0.251 e. The second-order valence-corrected chi connectivity index (χ2v) is 6.02. The van der Waals surface area contributed by atoms with Crippen LogP contribution in [-0.2, 0) is 0 Å². The molecule has 0 radical (unpaired) electrons. The molecule has 0 atom stereocenters. The molecule has 0 spiro atoms. The van der Waals surface area contributed by atoms with Crippen LogP contribution in [0.4, 0.5) is 5.69 Å². The van der Waals surface area contributed by atoms with Gasteiger partial charge in [0.1, 0.15) is 0 Å². The summed E-state index contributed by atoms with van der Waals surface area (Å²) in [6.45, 7) is 8.01. The van der Waals surface area contributed by atoms with Crippen molar-refractivity contribution in [2.24, 2.45) is 5.92 Å². The number of rotatable bonds is 5. The van der Waals surface area contributed by atoms with Gasteiger partial charge in [0.15, 0.2) is 0 Å². The van der Waals surface area contributed by atoms with Gasteiger partial charge in [-0.25, -0.2) is 0 Å². The number of piperidine rings is 1. The highest BCUT2D eigenvalue weighted by Gasteiger charge is 2.18. The molecule has 1 fully saturated rings. The van der Waals surface area contributed by atoms with Gasteiger partial charge in [0.25, 0.3) is 5.91 Å². The van der Waals surface area contributed by atoms with Gasteiger partial charge in [-0.15, -0.1) is 0 Å². The second-order valence-electron chi connectivity index (χ2n) is 6.02. The summed E-state index contributed by atoms with van der Waals surface area (Å²) in [5.41, 5.74) is 2.88. The summed E-state index contributed by atoms with van der Waals surface area (Å²) in [7, 11) is 2.16. The third-order valence-electron chi connectivity index (χ3n) is 4.24. The number of benzene rings is 1. The molecule has 1 aromatic carbocycles. The van der Waals surface area contributed by atoms with Crippen molar-refractivity contribution in [3.8, 4) is 0 Å². The molecule has 1 aliphatic rings. The van der Waals surface area contributed by atoms with Gasteiger partial charge >= 0.3 is 0 Å². The van der Waals surface area contributed by atoms with E-state index in [1.54, 1.807) is 0 Å². The normalized spacial score (nSPS) is 16.7. The average molecular weight is 289 g/mol. The molecule has 0 saturated carbocycles. The highest BCUT2D eigenvalue weighted by molar-refractivity contribution is 5.96. The van der Waals surface area contributed by atoms with E-state index >= 15 is 0 Å². The lowest BCUT2D eigenvalue weighted by Gasteiger charge is -2.29. The van der Waals surface area contributed by atoms with Crippen molar-refractivity contribution in [3.05, 3.63) is 29.3 Å². The minimum absolute atomic E-state index is 0.0504. The monoisotopic (exact) mass is 289 g/mol. The summed E-state index contributed by atoms with van der Waals surface area (Å²) in [6.07, 6.45) is 2.35. The van der Waals surface area contributed by atoms with Gasteiger partial charge in [-0.05, 0) is 76.5 Å². The van der Waals surface area contributed by atoms with E-state index in [2.05, 4.69) is 29.5 Å². The summed E-state index contributed by atoms with van der Waals surface area (Å²) < 4.78 is 0. The number of likely N-dealkylation sites (tertiary alicyclic amines) is 1. The molecule has 21 heavy (non-hydrogen) atoms. The lowest BCUT2D eigenvalue weighted by molar-refractivity contribution is 0.0938. The molecule has 0 bridgehead atoms. The van der Waals surface area contributed by atoms with Crippen molar-refractivity contribution in [1.82, 2.24) is 10.2 Å². The first kappa shape index (κ1) is 15.8. The van der Waals surface area contributed by atoms with Crippen LogP contribution in [0, 0.1) is 12.8 Å². The van der Waals surface area contributed by atoms with Crippen LogP contribution in [0.5, 0.6) is 0 Å². The molecule has 1 saturated heterocycles. The maximum atomic E-state index is 12.3. The predicted molar refractivity (Wildman–Crippen MR) is 87.9 cm³/mol. The molecule has 1 amide bonds. The van der Waals surface area contributed by atoms with Crippen molar-refractivity contribution < 1.29 is 4.79 Å². The molecule has 0 aromatic heterocycles. The summed E-state index contributed by atoms with van der Waals surface area (Å²) in [5.74, 6) is 0.668. The number of amides is 1. The maximum absolute atomic E-state index is 12.3. The zero-order valence-electron chi connectivity index (χ0n) is 13.4. The van der Waals surface area contributed by atoms with Crippen LogP contribution in [0.3, 0.4) is 0 Å². The summed E-state index contributed by atoms with van der Waals surface area (Å²) in [6, 6.07) is 5.92. The number of carbonyl (C=O) groups is 1. The van der Waals surface area contributed by atoms with Gasteiger partial charge in [0.2, 0.25) is 0 Å². The van der Waals surface area contributed by atoms with Crippen LogP contribution in [0.15, 0.2) is 18.2 Å². The number of aryl methyl sites for hydroxylation is 1. The van der Waals surface area contributed by atoms with Crippen molar-refractivity contribution in [2.45, 2.75) is 26.7 Å². The third-order valence-corrected chi connectivity index (χ3v) is 4.24. The van der Waals surface area contributed by atoms with E-state index in [1.807, 2.05) is 25.1 Å². The van der Waals surface area contributed by atoms with Gasteiger partial charge in [0, 0.05) is 24.3 Å². The molecule has 4 heteroatoms. The van der Waals surface area contributed by atoms with Crippen molar-refractivity contribution in [2.75, 3.05) is 38.5 Å². The summed E-state index contributed by atoms with van der Waals surface area (Å²) in [4.78, 5) is 14.6. The van der Waals surface area contributed by atoms with Crippen LogP contribution >= 0.6 is 0 Å². The largest absolute Gasteiger partial charge is 0.385 e. The predicted octanol–water partition coefficient (Wildman–Crippen LogP) is 2.50. The van der Waals surface area contributed by atoms with Gasteiger partial charge in [-0.3, -0.25) is 4.79 Å². The first-order chi connectivity index (χ1) is 10.1. The Balaban J connectivity index is 1.88. The lowest BCUT2D eigenvalue weighted by atomic mass is 9.97. The third kappa shape index (κ3) is 4.46. The van der Waals surface area contributed by atoms with E-state index in [1.165, 1.54) is 12.8 Å². The van der Waals surface area contributed by atoms with Crippen LogP contribution < -0.4 is 10.6 Å². The van der Waals surface area contributed by atoms with Gasteiger partial charge in [0.05, 0.1) is 0 Å². The van der Waals surface area contributed by atoms with Crippen molar-refractivity contribution >= 4 is 11.6 Å². The fraction of sp³-hybridized carbons (Fsp3) is 0.588. The van der Waals surface area contributed by atoms with Crippen LogP contribution in [0.1, 0.15) is 35.7 Å². The molecular formula is C17H27N3O. The van der Waals surface area contributed by atoms with E-state index < -0.39 is 0 Å². The van der Waals surface area contributed by atoms with E-state index in [9.17, 15) is 4.79 Å². The molecule has 1 aromatic rings. The molecule has 2 rings (SSSR count). The van der Waals surface area contributed by atoms with Gasteiger partial charge < -0.3 is 15.5 Å². The van der Waals surface area contributed by atoms with Crippen molar-refractivity contribution in [3.63, 3.8) is 0 Å². The fourth-order valence-electron chi connectivity index (χ4n) is 2.83. The Morgan fingerprint density at radius 2 is 2.05 bits per heavy atom. The van der Waals surface area contributed by atoms with Crippen LogP contribution in [-0.4, -0.2) is 44.0 Å². The average Bonchev–Trinajstić information content (AvgIpc) is 2.47. The van der Waals surface area contributed by atoms with Crippen LogP contribution in [0.25, 0.3) is 0 Å². The molecule has 1 aliphatic heterocycles. The first-order valence-electron chi connectivity index (χ1n) is 7.91. The standard InChI is InChI=1S/C17H27N3O/c1-4-18-15-5-6-16(13(2)11-15)17(21)19-12-14-7-9-20(3)10-8-14/h5-6,11,14,18H,4,7-10,12H2,1-3H3,(H,19,21). The smallest absolute Gasteiger partial charge is 0.251 e. The zero-order valence-corrected chi connectivity index (χ0v) is 13.4. The second kappa shape index (κ2) is 7.46. The Morgan fingerprint density at radius 1 is 1.33 bits per heavy atom. The zero-order chi connectivity index (χ0) is 15.2. The quantitative estimate of drug-likeness (QED) is 0.875. The minimum atomic E-state index is 0.0504. The molecule has 4 nitrogen and oxygen atoms in total. The van der Waals surface area contributed by atoms with E-state index in [4.69, 9.17) is 0 Å². The number of carbonyl (C=O) groups excluding carboxylic acids is 1. The Morgan fingerprint density at radius 3 is 2.67 bits per heavy atom. The van der Waals surface area contributed by atoms with Crippen LogP contribution in [0.2, 0.25) is 0 Å². The summed E-state index contributed by atoms with van der Waals surface area (Å²) >= 11 is 0. The SMILES string of the molecule is CCNc1ccc(C(=O)NCC2CCN(C)CC2)c(C)c1. The van der Waals surface area contributed by atoms with E-state index in [0.29, 0.717) is 5.92 Å². The highest BCUT2D eigenvalue weighted by Crippen LogP contribution is 2.17. The Bertz CT molecular complexity index is 479. The molecule has 0 unspecified atom stereocenters. The minimum Gasteiger partial charge on any atom is -0.385 e. The topological polar surface area (TPSA) is 44.4 Å². The lowest BCUT2D eigenvalue weighted by Crippen LogP contribution is -2.37.